The minimum Gasteiger partial charge on any atom is -0.354 e. The summed E-state index contributed by atoms with van der Waals surface area (Å²) in [6.45, 7) is 5.60. The molecular weight excluding hydrogens is 589 g/mol. The van der Waals surface area contributed by atoms with E-state index in [1.54, 1.807) is 49.4 Å². The fourth-order valence-corrected chi connectivity index (χ4v) is 6.66. The highest BCUT2D eigenvalue weighted by molar-refractivity contribution is 7.92. The van der Waals surface area contributed by atoms with Crippen LogP contribution in [0.2, 0.25) is 0 Å². The Morgan fingerprint density at radius 2 is 1.49 bits per heavy atom. The van der Waals surface area contributed by atoms with Gasteiger partial charge >= 0.3 is 0 Å². The van der Waals surface area contributed by atoms with Gasteiger partial charge in [-0.25, -0.2) is 12.8 Å². The third-order valence-electron chi connectivity index (χ3n) is 7.60. The first kappa shape index (κ1) is 33.4. The van der Waals surface area contributed by atoms with Gasteiger partial charge in [-0.1, -0.05) is 91.7 Å². The lowest BCUT2D eigenvalue weighted by molar-refractivity contribution is -0.140. The van der Waals surface area contributed by atoms with E-state index in [4.69, 9.17) is 0 Å². The summed E-state index contributed by atoms with van der Waals surface area (Å²) in [5.74, 6) is -1.33. The number of carbonyl (C=O) groups is 2. The normalized spacial score (nSPS) is 11.9. The molecule has 0 aromatic heterocycles. The molecule has 1 N–H and O–H groups in total. The van der Waals surface area contributed by atoms with Crippen molar-refractivity contribution >= 4 is 27.5 Å². The number of rotatable bonds is 14. The molecule has 0 aliphatic heterocycles. The lowest BCUT2D eigenvalue weighted by Crippen LogP contribution is -2.53. The summed E-state index contributed by atoms with van der Waals surface area (Å²) < 4.78 is 43.2. The maximum atomic E-state index is 14.5. The molecule has 0 saturated heterocycles. The molecule has 0 aliphatic carbocycles. The fraction of sp³-hybridized carbons (Fsp3) is 0.278. The van der Waals surface area contributed by atoms with Crippen LogP contribution in [0, 0.1) is 19.7 Å². The molecular formula is C36H40FN3O4S. The average Bonchev–Trinajstić information content (AvgIpc) is 3.03. The summed E-state index contributed by atoms with van der Waals surface area (Å²) in [6.07, 6.45) is 1.86. The largest absolute Gasteiger partial charge is 0.354 e. The van der Waals surface area contributed by atoms with Gasteiger partial charge in [0.15, 0.2) is 0 Å². The predicted molar refractivity (Wildman–Crippen MR) is 176 cm³/mol. The summed E-state index contributed by atoms with van der Waals surface area (Å²) >= 11 is 0. The van der Waals surface area contributed by atoms with Gasteiger partial charge in [-0.3, -0.25) is 13.9 Å². The van der Waals surface area contributed by atoms with Gasteiger partial charge in [-0.05, 0) is 67.3 Å². The summed E-state index contributed by atoms with van der Waals surface area (Å²) in [5, 5.41) is 2.97. The molecule has 0 saturated carbocycles. The maximum Gasteiger partial charge on any atom is 0.264 e. The maximum absolute atomic E-state index is 14.5. The molecule has 0 radical (unpaired) electrons. The lowest BCUT2D eigenvalue weighted by Gasteiger charge is -2.34. The Morgan fingerprint density at radius 3 is 2.11 bits per heavy atom. The smallest absolute Gasteiger partial charge is 0.264 e. The number of nitrogens with one attached hydrogen (secondary N) is 1. The van der Waals surface area contributed by atoms with Gasteiger partial charge in [0.2, 0.25) is 11.8 Å². The number of carbonyl (C=O) groups excluding carboxylic acids is 2. The summed E-state index contributed by atoms with van der Waals surface area (Å²) in [5.41, 5.74) is 3.45. The Bertz CT molecular complexity index is 1680. The van der Waals surface area contributed by atoms with E-state index in [0.29, 0.717) is 23.4 Å². The number of hydrogen-bond acceptors (Lipinski definition) is 4. The number of sulfonamides is 1. The van der Waals surface area contributed by atoms with Crippen molar-refractivity contribution in [2.24, 2.45) is 0 Å². The molecule has 4 aromatic carbocycles. The zero-order valence-corrected chi connectivity index (χ0v) is 26.8. The minimum absolute atomic E-state index is 0.0239. The van der Waals surface area contributed by atoms with E-state index in [2.05, 4.69) is 5.32 Å². The molecule has 7 nitrogen and oxygen atoms in total. The number of amides is 2. The molecule has 9 heteroatoms. The van der Waals surface area contributed by atoms with Crippen LogP contribution in [0.4, 0.5) is 10.1 Å². The molecule has 1 atom stereocenters. The number of halogens is 1. The second-order valence-electron chi connectivity index (χ2n) is 11.1. The summed E-state index contributed by atoms with van der Waals surface area (Å²) in [7, 11) is -4.18. The van der Waals surface area contributed by atoms with Crippen molar-refractivity contribution in [1.82, 2.24) is 10.2 Å². The Balaban J connectivity index is 1.80. The van der Waals surface area contributed by atoms with Crippen LogP contribution in [0.5, 0.6) is 0 Å². The summed E-state index contributed by atoms with van der Waals surface area (Å²) in [4.78, 5) is 29.7. The number of hydrogen-bond donors (Lipinski definition) is 1. The van der Waals surface area contributed by atoms with Crippen molar-refractivity contribution in [2.45, 2.75) is 57.5 Å². The zero-order valence-electron chi connectivity index (χ0n) is 25.9. The summed E-state index contributed by atoms with van der Waals surface area (Å²) in [6, 6.07) is 27.5. The van der Waals surface area contributed by atoms with Crippen molar-refractivity contribution < 1.29 is 22.4 Å². The van der Waals surface area contributed by atoms with Crippen LogP contribution in [-0.4, -0.2) is 44.3 Å². The van der Waals surface area contributed by atoms with Gasteiger partial charge in [-0.2, -0.15) is 0 Å². The van der Waals surface area contributed by atoms with Crippen LogP contribution in [0.1, 0.15) is 42.0 Å². The lowest BCUT2D eigenvalue weighted by atomic mass is 10.0. The SMILES string of the molecule is CCCCNC(=O)C(Cc1ccccc1)N(Cc1ccc(F)cc1)C(=O)CN(c1ccc(C)cc1C)S(=O)(=O)c1ccccc1. The number of nitrogens with zero attached hydrogens (tertiary/aromatic N) is 2. The Labute approximate surface area is 265 Å². The molecule has 45 heavy (non-hydrogen) atoms. The van der Waals surface area contributed by atoms with Crippen molar-refractivity contribution in [3.05, 3.63) is 131 Å². The van der Waals surface area contributed by atoms with E-state index in [-0.39, 0.29) is 23.8 Å². The molecule has 2 amide bonds. The van der Waals surface area contributed by atoms with E-state index >= 15 is 0 Å². The van der Waals surface area contributed by atoms with E-state index in [1.807, 2.05) is 50.2 Å². The quantitative estimate of drug-likeness (QED) is 0.169. The van der Waals surface area contributed by atoms with E-state index < -0.39 is 34.3 Å². The third-order valence-corrected chi connectivity index (χ3v) is 9.37. The van der Waals surface area contributed by atoms with Gasteiger partial charge in [0.05, 0.1) is 10.6 Å². The molecule has 1 unspecified atom stereocenters. The first-order chi connectivity index (χ1) is 21.6. The molecule has 0 fully saturated rings. The number of unbranched alkanes of at least 4 members (excludes halogenated alkanes) is 1. The van der Waals surface area contributed by atoms with Crippen molar-refractivity contribution in [3.8, 4) is 0 Å². The van der Waals surface area contributed by atoms with E-state index in [1.165, 1.54) is 29.2 Å². The van der Waals surface area contributed by atoms with Crippen LogP contribution < -0.4 is 9.62 Å². The molecule has 0 aliphatic rings. The Kier molecular flexibility index (Phi) is 11.5. The molecule has 0 heterocycles. The highest BCUT2D eigenvalue weighted by atomic mass is 32.2. The standard InChI is InChI=1S/C36H40FN3O4S/c1-4-5-22-38-36(42)34(24-29-12-8-6-9-13-29)39(25-30-17-19-31(37)20-18-30)35(41)26-40(33-21-16-27(2)23-28(33)3)45(43,44)32-14-10-7-11-15-32/h6-21,23,34H,4-5,22,24-26H2,1-3H3,(H,38,42). The van der Waals surface area contributed by atoms with Gasteiger partial charge in [-0.15, -0.1) is 0 Å². The van der Waals surface area contributed by atoms with Crippen molar-refractivity contribution in [2.75, 3.05) is 17.4 Å². The van der Waals surface area contributed by atoms with Crippen LogP contribution in [0.15, 0.2) is 108 Å². The zero-order chi connectivity index (χ0) is 32.4. The van der Waals surface area contributed by atoms with Gasteiger partial charge in [0.1, 0.15) is 18.4 Å². The van der Waals surface area contributed by atoms with E-state index in [0.717, 1.165) is 28.3 Å². The molecule has 4 rings (SSSR count). The first-order valence-electron chi connectivity index (χ1n) is 15.1. The Hall–Kier alpha value is -4.50. The van der Waals surface area contributed by atoms with Gasteiger partial charge in [0, 0.05) is 19.5 Å². The molecule has 4 aromatic rings. The van der Waals surface area contributed by atoms with Crippen LogP contribution >= 0.6 is 0 Å². The van der Waals surface area contributed by atoms with E-state index in [9.17, 15) is 22.4 Å². The highest BCUT2D eigenvalue weighted by Crippen LogP contribution is 2.28. The number of anilines is 1. The number of aryl methyl sites for hydroxylation is 2. The molecule has 0 spiro atoms. The highest BCUT2D eigenvalue weighted by Gasteiger charge is 2.35. The van der Waals surface area contributed by atoms with Gasteiger partial charge in [0.25, 0.3) is 10.0 Å². The van der Waals surface area contributed by atoms with Crippen LogP contribution in [0.25, 0.3) is 0 Å². The topological polar surface area (TPSA) is 86.8 Å². The minimum atomic E-state index is -4.18. The van der Waals surface area contributed by atoms with Gasteiger partial charge < -0.3 is 10.2 Å². The number of benzene rings is 4. The first-order valence-corrected chi connectivity index (χ1v) is 16.5. The van der Waals surface area contributed by atoms with Crippen molar-refractivity contribution in [1.29, 1.82) is 0 Å². The third kappa shape index (κ3) is 8.79. The average molecular weight is 630 g/mol. The second kappa shape index (κ2) is 15.5. The Morgan fingerprint density at radius 1 is 0.844 bits per heavy atom. The van der Waals surface area contributed by atoms with Crippen molar-refractivity contribution in [3.63, 3.8) is 0 Å². The molecule has 236 valence electrons. The van der Waals surface area contributed by atoms with Crippen LogP contribution in [0.3, 0.4) is 0 Å². The second-order valence-corrected chi connectivity index (χ2v) is 13.0. The van der Waals surface area contributed by atoms with Crippen LogP contribution in [-0.2, 0) is 32.6 Å². The fourth-order valence-electron chi connectivity index (χ4n) is 5.16. The monoisotopic (exact) mass is 629 g/mol. The molecule has 0 bridgehead atoms. The predicted octanol–water partition coefficient (Wildman–Crippen LogP) is 6.19.